The third-order valence-electron chi connectivity index (χ3n) is 4.15. The lowest BCUT2D eigenvalue weighted by Crippen LogP contribution is -2.51. The van der Waals surface area contributed by atoms with Crippen molar-refractivity contribution in [1.29, 1.82) is 0 Å². The zero-order valence-electron chi connectivity index (χ0n) is 14.3. The molecule has 0 radical (unpaired) electrons. The van der Waals surface area contributed by atoms with Gasteiger partial charge in [-0.25, -0.2) is 9.78 Å². The van der Waals surface area contributed by atoms with E-state index in [1.54, 1.807) is 17.5 Å². The molecule has 2 aromatic rings. The van der Waals surface area contributed by atoms with Gasteiger partial charge in [0, 0.05) is 45.1 Å². The van der Waals surface area contributed by atoms with Crippen LogP contribution in [0.15, 0.2) is 29.9 Å². The molecule has 0 aliphatic carbocycles. The van der Waals surface area contributed by atoms with E-state index in [9.17, 15) is 4.79 Å². The molecule has 0 atom stereocenters. The Kier molecular flexibility index (Phi) is 5.40. The number of amides is 2. The summed E-state index contributed by atoms with van der Waals surface area (Å²) >= 11 is 1.75. The van der Waals surface area contributed by atoms with Crippen molar-refractivity contribution in [1.82, 2.24) is 19.8 Å². The minimum absolute atomic E-state index is 0.0000680. The van der Waals surface area contributed by atoms with Gasteiger partial charge in [-0.3, -0.25) is 0 Å². The van der Waals surface area contributed by atoms with Crippen LogP contribution in [0.3, 0.4) is 0 Å². The molecule has 0 aromatic carbocycles. The van der Waals surface area contributed by atoms with Crippen molar-refractivity contribution in [2.75, 3.05) is 31.1 Å². The fourth-order valence-corrected chi connectivity index (χ4v) is 3.70. The first-order valence-electron chi connectivity index (χ1n) is 8.44. The number of aromatic nitrogens is 2. The van der Waals surface area contributed by atoms with Gasteiger partial charge in [0.25, 0.3) is 0 Å². The van der Waals surface area contributed by atoms with Gasteiger partial charge in [0.15, 0.2) is 0 Å². The van der Waals surface area contributed by atoms with Gasteiger partial charge in [0.05, 0.1) is 11.5 Å². The largest absolute Gasteiger partial charge is 0.360 e. The maximum Gasteiger partial charge on any atom is 0.317 e. The normalized spacial score (nSPS) is 15.1. The average Bonchev–Trinajstić information content (AvgIpc) is 3.24. The first-order valence-corrected chi connectivity index (χ1v) is 9.32. The van der Waals surface area contributed by atoms with Gasteiger partial charge >= 0.3 is 6.03 Å². The van der Waals surface area contributed by atoms with E-state index in [1.165, 1.54) is 5.00 Å². The minimum atomic E-state index is -0.0000680. The first kappa shape index (κ1) is 16.8. The number of thiophene rings is 1. The van der Waals surface area contributed by atoms with Crippen LogP contribution in [0.4, 0.5) is 9.80 Å². The first-order chi connectivity index (χ1) is 11.6. The summed E-state index contributed by atoms with van der Waals surface area (Å²) in [6, 6.07) is 4.20. The van der Waals surface area contributed by atoms with Gasteiger partial charge in [-0.1, -0.05) is 13.8 Å². The second kappa shape index (κ2) is 7.70. The van der Waals surface area contributed by atoms with Crippen molar-refractivity contribution in [3.8, 4) is 0 Å². The fourth-order valence-electron chi connectivity index (χ4n) is 2.91. The lowest BCUT2D eigenvalue weighted by Gasteiger charge is -2.35. The van der Waals surface area contributed by atoms with E-state index in [4.69, 9.17) is 0 Å². The summed E-state index contributed by atoms with van der Waals surface area (Å²) in [5, 5.41) is 6.38. The summed E-state index contributed by atoms with van der Waals surface area (Å²) in [6.45, 7) is 9.03. The molecule has 2 aromatic heterocycles. The highest BCUT2D eigenvalue weighted by atomic mass is 32.1. The quantitative estimate of drug-likeness (QED) is 0.905. The van der Waals surface area contributed by atoms with Crippen molar-refractivity contribution >= 4 is 22.4 Å². The van der Waals surface area contributed by atoms with Crippen molar-refractivity contribution in [2.24, 2.45) is 5.92 Å². The van der Waals surface area contributed by atoms with E-state index in [-0.39, 0.29) is 6.03 Å². The van der Waals surface area contributed by atoms with Crippen LogP contribution in [0, 0.1) is 5.92 Å². The Hall–Kier alpha value is -2.02. The van der Waals surface area contributed by atoms with E-state index >= 15 is 0 Å². The predicted molar refractivity (Wildman–Crippen MR) is 97.4 cm³/mol. The van der Waals surface area contributed by atoms with Crippen LogP contribution >= 0.6 is 11.3 Å². The van der Waals surface area contributed by atoms with Gasteiger partial charge in [-0.15, -0.1) is 11.3 Å². The summed E-state index contributed by atoms with van der Waals surface area (Å²) in [7, 11) is 0. The Morgan fingerprint density at radius 3 is 2.79 bits per heavy atom. The third-order valence-corrected chi connectivity index (χ3v) is 5.07. The molecule has 0 bridgehead atoms. The summed E-state index contributed by atoms with van der Waals surface area (Å²) < 4.78 is 2.11. The lowest BCUT2D eigenvalue weighted by molar-refractivity contribution is 0.193. The molecule has 1 aliphatic heterocycles. The van der Waals surface area contributed by atoms with Crippen LogP contribution in [0.2, 0.25) is 0 Å². The molecule has 1 N–H and O–H groups in total. The smallest absolute Gasteiger partial charge is 0.317 e. The number of nitrogens with zero attached hydrogens (tertiary/aromatic N) is 4. The van der Waals surface area contributed by atoms with Crippen LogP contribution < -0.4 is 10.2 Å². The second-order valence-corrected chi connectivity index (χ2v) is 7.40. The van der Waals surface area contributed by atoms with Gasteiger partial charge < -0.3 is 19.7 Å². The summed E-state index contributed by atoms with van der Waals surface area (Å²) in [6.07, 6.45) is 3.77. The Labute approximate surface area is 147 Å². The number of urea groups is 1. The van der Waals surface area contributed by atoms with Gasteiger partial charge in [0.2, 0.25) is 0 Å². The highest BCUT2D eigenvalue weighted by Gasteiger charge is 2.21. The molecular formula is C17H25N5OS. The molecule has 7 heteroatoms. The number of imidazole rings is 1. The summed E-state index contributed by atoms with van der Waals surface area (Å²) in [5.41, 5.74) is 0. The molecule has 0 spiro atoms. The van der Waals surface area contributed by atoms with Crippen LogP contribution in [0.1, 0.15) is 19.7 Å². The second-order valence-electron chi connectivity index (χ2n) is 6.47. The van der Waals surface area contributed by atoms with E-state index in [2.05, 4.69) is 51.1 Å². The zero-order valence-corrected chi connectivity index (χ0v) is 15.1. The van der Waals surface area contributed by atoms with E-state index in [1.807, 2.05) is 11.1 Å². The maximum atomic E-state index is 12.4. The summed E-state index contributed by atoms with van der Waals surface area (Å²) in [5.74, 6) is 1.47. The monoisotopic (exact) mass is 347 g/mol. The highest BCUT2D eigenvalue weighted by Crippen LogP contribution is 2.22. The van der Waals surface area contributed by atoms with E-state index < -0.39 is 0 Å². The Morgan fingerprint density at radius 1 is 1.33 bits per heavy atom. The maximum absolute atomic E-state index is 12.4. The number of nitrogens with one attached hydrogen (secondary N) is 1. The van der Waals surface area contributed by atoms with Crippen LogP contribution in [-0.2, 0) is 13.1 Å². The van der Waals surface area contributed by atoms with E-state index in [0.29, 0.717) is 12.5 Å². The predicted octanol–water partition coefficient (Wildman–Crippen LogP) is 2.63. The Bertz CT molecular complexity index is 644. The highest BCUT2D eigenvalue weighted by molar-refractivity contribution is 7.14. The zero-order chi connectivity index (χ0) is 16.9. The number of hydrogen-bond donors (Lipinski definition) is 1. The number of carbonyl (C=O) groups excluding carboxylic acids is 1. The molecule has 3 rings (SSSR count). The molecule has 0 unspecified atom stereocenters. The van der Waals surface area contributed by atoms with Crippen molar-refractivity contribution in [2.45, 2.75) is 26.9 Å². The SMILES string of the molecule is CC(C)Cn1ccnc1CNC(=O)N1CCN(c2cccs2)CC1. The number of piperazine rings is 1. The molecule has 1 fully saturated rings. The van der Waals surface area contributed by atoms with Gasteiger partial charge in [-0.05, 0) is 23.4 Å². The summed E-state index contributed by atoms with van der Waals surface area (Å²) in [4.78, 5) is 21.0. The van der Waals surface area contributed by atoms with Crippen molar-refractivity contribution < 1.29 is 4.79 Å². The molecule has 3 heterocycles. The van der Waals surface area contributed by atoms with Gasteiger partial charge in [-0.2, -0.15) is 0 Å². The number of carbonyl (C=O) groups is 1. The Balaban J connectivity index is 1.47. The van der Waals surface area contributed by atoms with Crippen LogP contribution in [0.25, 0.3) is 0 Å². The molecule has 6 nitrogen and oxygen atoms in total. The fraction of sp³-hybridized carbons (Fsp3) is 0.529. The topological polar surface area (TPSA) is 53.4 Å². The third kappa shape index (κ3) is 4.08. The van der Waals surface area contributed by atoms with Crippen molar-refractivity contribution in [3.05, 3.63) is 35.7 Å². The minimum Gasteiger partial charge on any atom is -0.360 e. The van der Waals surface area contributed by atoms with Crippen molar-refractivity contribution in [3.63, 3.8) is 0 Å². The molecule has 0 saturated carbocycles. The molecule has 2 amide bonds. The number of anilines is 1. The van der Waals surface area contributed by atoms with Crippen LogP contribution in [-0.4, -0.2) is 46.7 Å². The molecule has 1 saturated heterocycles. The standard InChI is InChI=1S/C17H25N5OS/c1-14(2)13-22-6-5-18-15(22)12-19-17(23)21-9-7-20(8-10-21)16-4-3-11-24-16/h3-6,11,14H,7-10,12-13H2,1-2H3,(H,19,23). The number of rotatable bonds is 5. The molecule has 24 heavy (non-hydrogen) atoms. The molecule has 1 aliphatic rings. The number of hydrogen-bond acceptors (Lipinski definition) is 4. The average molecular weight is 347 g/mol. The Morgan fingerprint density at radius 2 is 2.12 bits per heavy atom. The molecule has 130 valence electrons. The van der Waals surface area contributed by atoms with Crippen LogP contribution in [0.5, 0.6) is 0 Å². The molecular weight excluding hydrogens is 322 g/mol. The van der Waals surface area contributed by atoms with E-state index in [0.717, 1.165) is 38.5 Å². The lowest BCUT2D eigenvalue weighted by atomic mass is 10.2. The van der Waals surface area contributed by atoms with Gasteiger partial charge in [0.1, 0.15) is 5.82 Å².